The number of halogens is 1. The predicted molar refractivity (Wildman–Crippen MR) is 209 cm³/mol. The first-order valence-electron chi connectivity index (χ1n) is 17.4. The van der Waals surface area contributed by atoms with Gasteiger partial charge in [0, 0.05) is 54.4 Å². The SMILES string of the molecule is C=CCC(=O)N[C@@H](Cc1ccc(Cl)cc1)C(=O)N[C@@H](Cc1ccccc1)C(=O)N[C@@H](CCCN=C(N)N)C(=O)N[C@@H](Cc1c[nH]c2ccccc12)C(N)=O. The van der Waals surface area contributed by atoms with E-state index in [1.165, 1.54) is 6.08 Å². The van der Waals surface area contributed by atoms with Crippen molar-refractivity contribution < 1.29 is 24.0 Å². The minimum atomic E-state index is -1.19. The number of nitrogens with zero attached hydrogens (tertiary/aromatic N) is 1. The molecule has 0 saturated carbocycles. The molecule has 0 radical (unpaired) electrons. The standard InChI is InChI=1S/C39H46ClN9O5/c1-2-9-34(50)46-32(21-25-15-17-27(40)18-16-25)37(53)49-33(20-24-10-4-3-5-11-24)38(54)47-30(14-8-19-44-39(42)43)36(52)48-31(35(41)51)22-26-23-45-29-13-7-6-12-28(26)29/h2-7,10-13,15-18,23,30-33,45H,1,8-9,14,19-22H2,(H2,41,51)(H,46,50)(H,47,54)(H,48,52)(H,49,53)(H4,42,43,44)/t30-,31-,32-,33-/m0/s1. The van der Waals surface area contributed by atoms with Crippen molar-refractivity contribution in [2.45, 2.75) is 62.7 Å². The lowest BCUT2D eigenvalue weighted by Crippen LogP contribution is -2.59. The van der Waals surface area contributed by atoms with E-state index in [2.05, 4.69) is 37.8 Å². The van der Waals surface area contributed by atoms with Crippen LogP contribution in [0, 0.1) is 0 Å². The van der Waals surface area contributed by atoms with E-state index in [-0.39, 0.29) is 51.0 Å². The molecule has 1 aromatic heterocycles. The fraction of sp³-hybridized carbons (Fsp3) is 0.282. The van der Waals surface area contributed by atoms with E-state index in [4.69, 9.17) is 28.8 Å². The van der Waals surface area contributed by atoms with Gasteiger partial charge in [-0.2, -0.15) is 0 Å². The Morgan fingerprint density at radius 2 is 1.30 bits per heavy atom. The number of rotatable bonds is 20. The second kappa shape index (κ2) is 20.2. The molecule has 54 heavy (non-hydrogen) atoms. The van der Waals surface area contributed by atoms with Crippen LogP contribution >= 0.6 is 11.6 Å². The smallest absolute Gasteiger partial charge is 0.243 e. The first-order chi connectivity index (χ1) is 25.9. The van der Waals surface area contributed by atoms with Crippen molar-refractivity contribution in [3.8, 4) is 0 Å². The lowest BCUT2D eigenvalue weighted by molar-refractivity contribution is -0.134. The highest BCUT2D eigenvalue weighted by atomic mass is 35.5. The second-order valence-electron chi connectivity index (χ2n) is 12.7. The number of carbonyl (C=O) groups is 5. The molecule has 14 nitrogen and oxygen atoms in total. The summed E-state index contributed by atoms with van der Waals surface area (Å²) >= 11 is 6.06. The molecule has 4 rings (SSSR count). The molecule has 5 amide bonds. The molecule has 0 aliphatic heterocycles. The molecule has 284 valence electrons. The number of primary amides is 1. The van der Waals surface area contributed by atoms with Crippen LogP contribution in [0.1, 0.15) is 36.0 Å². The van der Waals surface area contributed by atoms with Gasteiger partial charge in [-0.3, -0.25) is 29.0 Å². The van der Waals surface area contributed by atoms with E-state index in [9.17, 15) is 24.0 Å². The number of guanidine groups is 1. The third-order valence-corrected chi connectivity index (χ3v) is 8.84. The van der Waals surface area contributed by atoms with Crippen LogP contribution in [0.15, 0.2) is 103 Å². The van der Waals surface area contributed by atoms with E-state index >= 15 is 0 Å². The molecule has 0 aliphatic rings. The number of fused-ring (bicyclic) bond motifs is 1. The third kappa shape index (κ3) is 12.5. The summed E-state index contributed by atoms with van der Waals surface area (Å²) in [7, 11) is 0. The number of amides is 5. The van der Waals surface area contributed by atoms with Crippen molar-refractivity contribution in [3.63, 3.8) is 0 Å². The zero-order valence-corrected chi connectivity index (χ0v) is 30.5. The van der Waals surface area contributed by atoms with E-state index in [1.54, 1.807) is 54.7 Å². The summed E-state index contributed by atoms with van der Waals surface area (Å²) in [6.07, 6.45) is 3.76. The number of aromatic amines is 1. The Morgan fingerprint density at radius 3 is 1.94 bits per heavy atom. The van der Waals surface area contributed by atoms with Gasteiger partial charge < -0.3 is 43.5 Å². The number of benzene rings is 3. The van der Waals surface area contributed by atoms with E-state index in [0.29, 0.717) is 5.02 Å². The monoisotopic (exact) mass is 755 g/mol. The molecular weight excluding hydrogens is 710 g/mol. The maximum atomic E-state index is 14.1. The van der Waals surface area contributed by atoms with Gasteiger partial charge in [0.05, 0.1) is 0 Å². The zero-order valence-electron chi connectivity index (χ0n) is 29.7. The Hall–Kier alpha value is -6.15. The van der Waals surface area contributed by atoms with Crippen molar-refractivity contribution in [3.05, 3.63) is 119 Å². The quantitative estimate of drug-likeness (QED) is 0.0288. The molecule has 4 aromatic rings. The molecule has 3 aromatic carbocycles. The van der Waals surface area contributed by atoms with Crippen LogP contribution in [0.4, 0.5) is 0 Å². The van der Waals surface area contributed by atoms with Gasteiger partial charge in [-0.25, -0.2) is 0 Å². The summed E-state index contributed by atoms with van der Waals surface area (Å²) < 4.78 is 0. The minimum absolute atomic E-state index is 0.0262. The number of hydrogen-bond donors (Lipinski definition) is 8. The predicted octanol–water partition coefficient (Wildman–Crippen LogP) is 1.90. The van der Waals surface area contributed by atoms with Gasteiger partial charge in [0.2, 0.25) is 29.5 Å². The molecule has 0 spiro atoms. The Bertz CT molecular complexity index is 1940. The van der Waals surface area contributed by atoms with Crippen molar-refractivity contribution in [1.82, 2.24) is 26.3 Å². The number of nitrogens with two attached hydrogens (primary N) is 3. The average molecular weight is 756 g/mol. The summed E-state index contributed by atoms with van der Waals surface area (Å²) in [6, 6.07) is 18.8. The highest BCUT2D eigenvalue weighted by Crippen LogP contribution is 2.19. The molecule has 0 unspecified atom stereocenters. The van der Waals surface area contributed by atoms with Crippen LogP contribution in [0.3, 0.4) is 0 Å². The third-order valence-electron chi connectivity index (χ3n) is 8.59. The summed E-state index contributed by atoms with van der Waals surface area (Å²) in [4.78, 5) is 74.2. The van der Waals surface area contributed by atoms with E-state index < -0.39 is 53.7 Å². The number of H-pyrrole nitrogens is 1. The first kappa shape index (κ1) is 40.6. The Morgan fingerprint density at radius 1 is 0.722 bits per heavy atom. The number of aliphatic imine (C=N–C) groups is 1. The van der Waals surface area contributed by atoms with E-state index in [0.717, 1.165) is 27.6 Å². The molecule has 1 heterocycles. The number of para-hydroxylation sites is 1. The van der Waals surface area contributed by atoms with Gasteiger partial charge in [0.15, 0.2) is 5.96 Å². The Labute approximate surface area is 318 Å². The number of hydrogen-bond acceptors (Lipinski definition) is 6. The van der Waals surface area contributed by atoms with Crippen molar-refractivity contribution in [1.29, 1.82) is 0 Å². The van der Waals surface area contributed by atoms with Crippen LogP contribution in [-0.2, 0) is 43.2 Å². The lowest BCUT2D eigenvalue weighted by atomic mass is 10.0. The number of nitrogens with one attached hydrogen (secondary N) is 5. The molecule has 0 bridgehead atoms. The minimum Gasteiger partial charge on any atom is -0.370 e. The highest BCUT2D eigenvalue weighted by molar-refractivity contribution is 6.30. The van der Waals surface area contributed by atoms with Crippen molar-refractivity contribution in [2.75, 3.05) is 6.54 Å². The summed E-state index contributed by atoms with van der Waals surface area (Å²) in [5.74, 6) is -3.30. The number of carbonyl (C=O) groups excluding carboxylic acids is 5. The molecule has 0 fully saturated rings. The average Bonchev–Trinajstić information content (AvgIpc) is 3.55. The van der Waals surface area contributed by atoms with Crippen molar-refractivity contribution in [2.24, 2.45) is 22.2 Å². The van der Waals surface area contributed by atoms with Crippen molar-refractivity contribution >= 4 is 58.0 Å². The highest BCUT2D eigenvalue weighted by Gasteiger charge is 2.31. The Kier molecular flexibility index (Phi) is 15.2. The molecular formula is C39H46ClN9O5. The summed E-state index contributed by atoms with van der Waals surface area (Å²) in [5, 5.41) is 12.4. The van der Waals surface area contributed by atoms with Gasteiger partial charge in [0.1, 0.15) is 24.2 Å². The van der Waals surface area contributed by atoms with Crippen LogP contribution in [-0.4, -0.2) is 71.2 Å². The van der Waals surface area contributed by atoms with Crippen LogP contribution in [0.5, 0.6) is 0 Å². The normalized spacial score (nSPS) is 13.1. The van der Waals surface area contributed by atoms with Crippen LogP contribution in [0.2, 0.25) is 5.02 Å². The first-order valence-corrected chi connectivity index (χ1v) is 17.8. The topological polar surface area (TPSA) is 240 Å². The second-order valence-corrected chi connectivity index (χ2v) is 13.2. The molecule has 15 heteroatoms. The van der Waals surface area contributed by atoms with Gasteiger partial charge in [0.25, 0.3) is 0 Å². The maximum Gasteiger partial charge on any atom is 0.243 e. The fourth-order valence-electron chi connectivity index (χ4n) is 5.84. The van der Waals surface area contributed by atoms with E-state index in [1.807, 2.05) is 30.3 Å². The lowest BCUT2D eigenvalue weighted by Gasteiger charge is -2.26. The van der Waals surface area contributed by atoms with Gasteiger partial charge in [-0.15, -0.1) is 6.58 Å². The molecule has 0 aliphatic carbocycles. The van der Waals surface area contributed by atoms with Crippen LogP contribution in [0.25, 0.3) is 10.9 Å². The number of aromatic nitrogens is 1. The van der Waals surface area contributed by atoms with Gasteiger partial charge in [-0.05, 0) is 47.7 Å². The van der Waals surface area contributed by atoms with Crippen LogP contribution < -0.4 is 38.5 Å². The fourth-order valence-corrected chi connectivity index (χ4v) is 5.97. The Balaban J connectivity index is 1.58. The molecule has 0 saturated heterocycles. The molecule has 4 atom stereocenters. The molecule has 11 N–H and O–H groups in total. The summed E-state index contributed by atoms with van der Waals surface area (Å²) in [5.41, 5.74) is 19.8. The summed E-state index contributed by atoms with van der Waals surface area (Å²) in [6.45, 7) is 3.76. The maximum absolute atomic E-state index is 14.1. The van der Waals surface area contributed by atoms with Gasteiger partial charge in [-0.1, -0.05) is 78.3 Å². The zero-order chi connectivity index (χ0) is 39.0. The largest absolute Gasteiger partial charge is 0.370 e. The van der Waals surface area contributed by atoms with Gasteiger partial charge >= 0.3 is 0 Å².